The normalized spacial score (nSPS) is 11.1. The van der Waals surface area contributed by atoms with Gasteiger partial charge in [-0.3, -0.25) is 9.48 Å². The standard InChI is InChI=1S/C25H20BrClN6O/c1-16-23-20(18-5-3-2-4-6-18)11-12-28-25(23)33(30-16)15-22(34)29-24-21(27)14-32(31-24)13-17-7-9-19(26)10-8-17/h2-12,14H,13,15H2,1H3,(H,29,31,34). The number of amides is 1. The van der Waals surface area contributed by atoms with Gasteiger partial charge in [0.1, 0.15) is 11.6 Å². The van der Waals surface area contributed by atoms with Crippen LogP contribution < -0.4 is 5.32 Å². The molecule has 5 aromatic rings. The molecule has 7 nitrogen and oxygen atoms in total. The lowest BCUT2D eigenvalue weighted by molar-refractivity contribution is -0.116. The molecule has 3 heterocycles. The molecule has 0 saturated carbocycles. The molecule has 5 rings (SSSR count). The van der Waals surface area contributed by atoms with Gasteiger partial charge in [0.25, 0.3) is 0 Å². The van der Waals surface area contributed by atoms with Crippen LogP contribution in [0.5, 0.6) is 0 Å². The van der Waals surface area contributed by atoms with E-state index in [-0.39, 0.29) is 12.5 Å². The maximum atomic E-state index is 12.8. The summed E-state index contributed by atoms with van der Waals surface area (Å²) in [5, 5.41) is 13.1. The van der Waals surface area contributed by atoms with E-state index >= 15 is 0 Å². The molecular weight excluding hydrogens is 516 g/mol. The molecule has 0 aliphatic heterocycles. The van der Waals surface area contributed by atoms with Gasteiger partial charge in [-0.05, 0) is 41.8 Å². The van der Waals surface area contributed by atoms with Crippen LogP contribution in [-0.2, 0) is 17.9 Å². The fourth-order valence-corrected chi connectivity index (χ4v) is 4.36. The van der Waals surface area contributed by atoms with E-state index in [0.29, 0.717) is 23.0 Å². The summed E-state index contributed by atoms with van der Waals surface area (Å²) in [6.07, 6.45) is 3.43. The number of pyridine rings is 1. The summed E-state index contributed by atoms with van der Waals surface area (Å²) in [5.74, 6) is 0.0296. The number of halogens is 2. The Morgan fingerprint density at radius 3 is 2.59 bits per heavy atom. The van der Waals surface area contributed by atoms with Crippen molar-refractivity contribution in [3.8, 4) is 11.1 Å². The fourth-order valence-electron chi connectivity index (χ4n) is 3.90. The summed E-state index contributed by atoms with van der Waals surface area (Å²) in [7, 11) is 0. The average molecular weight is 536 g/mol. The Bertz CT molecular complexity index is 1480. The highest BCUT2D eigenvalue weighted by Gasteiger charge is 2.17. The third kappa shape index (κ3) is 4.60. The Hall–Kier alpha value is -3.49. The topological polar surface area (TPSA) is 77.6 Å². The number of nitrogens with zero attached hydrogens (tertiary/aromatic N) is 5. The van der Waals surface area contributed by atoms with Crippen molar-refractivity contribution < 1.29 is 4.79 Å². The van der Waals surface area contributed by atoms with Gasteiger partial charge in [0.05, 0.1) is 12.2 Å². The van der Waals surface area contributed by atoms with Crippen LogP contribution in [0, 0.1) is 6.92 Å². The number of aromatic nitrogens is 5. The first-order valence-corrected chi connectivity index (χ1v) is 11.8. The zero-order chi connectivity index (χ0) is 23.7. The summed E-state index contributed by atoms with van der Waals surface area (Å²) in [4.78, 5) is 17.3. The highest BCUT2D eigenvalue weighted by atomic mass is 79.9. The van der Waals surface area contributed by atoms with Crippen molar-refractivity contribution in [1.29, 1.82) is 0 Å². The lowest BCUT2D eigenvalue weighted by atomic mass is 10.0. The van der Waals surface area contributed by atoms with Crippen LogP contribution in [0.4, 0.5) is 5.82 Å². The van der Waals surface area contributed by atoms with Crippen molar-refractivity contribution >= 4 is 50.3 Å². The Labute approximate surface area is 209 Å². The van der Waals surface area contributed by atoms with Crippen LogP contribution in [0.1, 0.15) is 11.3 Å². The van der Waals surface area contributed by atoms with Crippen molar-refractivity contribution in [3.63, 3.8) is 0 Å². The molecule has 0 radical (unpaired) electrons. The highest BCUT2D eigenvalue weighted by molar-refractivity contribution is 9.10. The largest absolute Gasteiger partial charge is 0.306 e. The van der Waals surface area contributed by atoms with Crippen LogP contribution >= 0.6 is 27.5 Å². The predicted octanol–water partition coefficient (Wildman–Crippen LogP) is 5.71. The molecule has 0 spiro atoms. The number of carbonyl (C=O) groups is 1. The lowest BCUT2D eigenvalue weighted by Crippen LogP contribution is -2.20. The van der Waals surface area contributed by atoms with E-state index in [1.54, 1.807) is 21.8 Å². The van der Waals surface area contributed by atoms with Gasteiger partial charge in [-0.15, -0.1) is 0 Å². The second kappa shape index (κ2) is 9.40. The van der Waals surface area contributed by atoms with Gasteiger partial charge in [0.15, 0.2) is 11.5 Å². The molecule has 9 heteroatoms. The van der Waals surface area contributed by atoms with Crippen LogP contribution in [0.3, 0.4) is 0 Å². The Morgan fingerprint density at radius 1 is 1.06 bits per heavy atom. The summed E-state index contributed by atoms with van der Waals surface area (Å²) in [6, 6.07) is 20.0. The minimum absolute atomic E-state index is 0.00845. The maximum absolute atomic E-state index is 12.8. The summed E-state index contributed by atoms with van der Waals surface area (Å²) < 4.78 is 4.32. The number of anilines is 1. The third-order valence-electron chi connectivity index (χ3n) is 5.42. The first kappa shape index (κ1) is 22.3. The minimum atomic E-state index is -0.285. The van der Waals surface area contributed by atoms with E-state index in [2.05, 4.69) is 36.4 Å². The van der Waals surface area contributed by atoms with Crippen LogP contribution in [0.2, 0.25) is 5.02 Å². The van der Waals surface area contributed by atoms with Crippen molar-refractivity contribution in [2.75, 3.05) is 5.32 Å². The maximum Gasteiger partial charge on any atom is 0.247 e. The molecule has 0 atom stereocenters. The van der Waals surface area contributed by atoms with Gasteiger partial charge < -0.3 is 5.32 Å². The van der Waals surface area contributed by atoms with Crippen molar-refractivity contribution in [2.45, 2.75) is 20.0 Å². The summed E-state index contributed by atoms with van der Waals surface area (Å²) >= 11 is 9.76. The predicted molar refractivity (Wildman–Crippen MR) is 137 cm³/mol. The number of benzene rings is 2. The highest BCUT2D eigenvalue weighted by Crippen LogP contribution is 2.29. The first-order chi connectivity index (χ1) is 16.5. The van der Waals surface area contributed by atoms with Gasteiger partial charge in [-0.2, -0.15) is 10.2 Å². The van der Waals surface area contributed by atoms with E-state index in [1.807, 2.05) is 67.6 Å². The third-order valence-corrected chi connectivity index (χ3v) is 6.22. The number of fused-ring (bicyclic) bond motifs is 1. The molecule has 3 aromatic heterocycles. The molecule has 0 aliphatic carbocycles. The second-order valence-electron chi connectivity index (χ2n) is 7.86. The van der Waals surface area contributed by atoms with Gasteiger partial charge in [-0.1, -0.05) is 70.0 Å². The Morgan fingerprint density at radius 2 is 1.82 bits per heavy atom. The number of hydrogen-bond donors (Lipinski definition) is 1. The van der Waals surface area contributed by atoms with Gasteiger partial charge >= 0.3 is 0 Å². The second-order valence-corrected chi connectivity index (χ2v) is 9.19. The number of nitrogens with one attached hydrogen (secondary N) is 1. The molecule has 34 heavy (non-hydrogen) atoms. The van der Waals surface area contributed by atoms with Gasteiger partial charge in [0.2, 0.25) is 5.91 Å². The van der Waals surface area contributed by atoms with Crippen molar-refractivity contribution in [2.24, 2.45) is 0 Å². The molecule has 0 unspecified atom stereocenters. The molecule has 1 amide bonds. The zero-order valence-corrected chi connectivity index (χ0v) is 20.6. The van der Waals surface area contributed by atoms with E-state index in [1.165, 1.54) is 0 Å². The van der Waals surface area contributed by atoms with Crippen LogP contribution in [0.15, 0.2) is 77.5 Å². The quantitative estimate of drug-likeness (QED) is 0.302. The first-order valence-electron chi connectivity index (χ1n) is 10.6. The smallest absolute Gasteiger partial charge is 0.247 e. The Balaban J connectivity index is 1.35. The van der Waals surface area contributed by atoms with E-state index in [0.717, 1.165) is 32.2 Å². The molecule has 0 fully saturated rings. The molecule has 0 saturated heterocycles. The molecule has 2 aromatic carbocycles. The van der Waals surface area contributed by atoms with Crippen molar-refractivity contribution in [3.05, 3.63) is 93.8 Å². The minimum Gasteiger partial charge on any atom is -0.306 e. The number of carbonyl (C=O) groups excluding carboxylic acids is 1. The zero-order valence-electron chi connectivity index (χ0n) is 18.2. The van der Waals surface area contributed by atoms with E-state index in [4.69, 9.17) is 11.6 Å². The average Bonchev–Trinajstić information content (AvgIpc) is 3.34. The molecule has 1 N–H and O–H groups in total. The van der Waals surface area contributed by atoms with Crippen LogP contribution in [-0.4, -0.2) is 30.5 Å². The molecule has 0 bridgehead atoms. The van der Waals surface area contributed by atoms with E-state index in [9.17, 15) is 4.79 Å². The molecule has 170 valence electrons. The van der Waals surface area contributed by atoms with Gasteiger partial charge in [0, 0.05) is 22.3 Å². The summed E-state index contributed by atoms with van der Waals surface area (Å²) in [5.41, 5.74) is 4.64. The van der Waals surface area contributed by atoms with E-state index < -0.39 is 0 Å². The van der Waals surface area contributed by atoms with Crippen molar-refractivity contribution in [1.82, 2.24) is 24.5 Å². The van der Waals surface area contributed by atoms with Crippen LogP contribution in [0.25, 0.3) is 22.2 Å². The number of hydrogen-bond acceptors (Lipinski definition) is 4. The Kier molecular flexibility index (Phi) is 6.17. The molecular formula is C25H20BrClN6O. The monoisotopic (exact) mass is 534 g/mol. The van der Waals surface area contributed by atoms with Gasteiger partial charge in [-0.25, -0.2) is 9.67 Å². The number of rotatable bonds is 6. The fraction of sp³-hybridized carbons (Fsp3) is 0.120. The number of aryl methyl sites for hydroxylation is 1. The SMILES string of the molecule is Cc1nn(CC(=O)Nc2nn(Cc3ccc(Br)cc3)cc2Cl)c2nccc(-c3ccccc3)c12. The summed E-state index contributed by atoms with van der Waals surface area (Å²) in [6.45, 7) is 2.45. The lowest BCUT2D eigenvalue weighted by Gasteiger charge is -2.06. The molecule has 0 aliphatic rings.